The van der Waals surface area contributed by atoms with Crippen molar-refractivity contribution in [2.24, 2.45) is 0 Å². The number of carbonyl (C=O) groups excluding carboxylic acids is 1. The van der Waals surface area contributed by atoms with E-state index < -0.39 is 15.9 Å². The van der Waals surface area contributed by atoms with Gasteiger partial charge in [-0.2, -0.15) is 0 Å². The minimum atomic E-state index is -3.96. The molecule has 0 aliphatic heterocycles. The number of sulfonamides is 1. The van der Waals surface area contributed by atoms with Crippen molar-refractivity contribution in [3.05, 3.63) is 89.0 Å². The number of aryl methyl sites for hydroxylation is 3. The summed E-state index contributed by atoms with van der Waals surface area (Å²) in [7, 11) is -3.96. The zero-order chi connectivity index (χ0) is 24.9. The summed E-state index contributed by atoms with van der Waals surface area (Å²) < 4.78 is 33.9. The van der Waals surface area contributed by atoms with E-state index in [1.54, 1.807) is 30.3 Å². The zero-order valence-corrected chi connectivity index (χ0v) is 21.1. The maximum absolute atomic E-state index is 13.6. The Kier molecular flexibility index (Phi) is 7.99. The van der Waals surface area contributed by atoms with Gasteiger partial charge in [-0.25, -0.2) is 8.42 Å². The molecule has 0 fully saturated rings. The molecule has 0 radical (unpaired) electrons. The van der Waals surface area contributed by atoms with Crippen LogP contribution in [0.2, 0.25) is 0 Å². The van der Waals surface area contributed by atoms with Crippen molar-refractivity contribution in [1.82, 2.24) is 5.32 Å². The molecule has 0 aliphatic rings. The monoisotopic (exact) mass is 480 g/mol. The maximum Gasteiger partial charge on any atom is 0.264 e. The minimum absolute atomic E-state index is 0.144. The van der Waals surface area contributed by atoms with Crippen LogP contribution >= 0.6 is 0 Å². The van der Waals surface area contributed by atoms with Crippen LogP contribution in [0.1, 0.15) is 42.1 Å². The first-order chi connectivity index (χ1) is 16.1. The second kappa shape index (κ2) is 10.7. The van der Waals surface area contributed by atoms with Crippen LogP contribution in [0.15, 0.2) is 71.6 Å². The molecule has 3 aromatic rings. The van der Waals surface area contributed by atoms with Gasteiger partial charge in [-0.1, -0.05) is 47.5 Å². The van der Waals surface area contributed by atoms with Gasteiger partial charge < -0.3 is 10.1 Å². The van der Waals surface area contributed by atoms with Gasteiger partial charge in [0.2, 0.25) is 5.91 Å². The average Bonchev–Trinajstić information content (AvgIpc) is 2.79. The summed E-state index contributed by atoms with van der Waals surface area (Å²) in [4.78, 5) is 13.2. The van der Waals surface area contributed by atoms with E-state index in [0.29, 0.717) is 12.3 Å². The summed E-state index contributed by atoms with van der Waals surface area (Å²) in [6, 6.07) is 19.3. The number of carbonyl (C=O) groups is 1. The Morgan fingerprint density at radius 3 is 2.15 bits per heavy atom. The first-order valence-corrected chi connectivity index (χ1v) is 12.7. The van der Waals surface area contributed by atoms with Crippen LogP contribution in [0.4, 0.5) is 5.69 Å². The molecule has 0 unspecified atom stereocenters. The van der Waals surface area contributed by atoms with E-state index in [-0.39, 0.29) is 17.5 Å². The fourth-order valence-electron chi connectivity index (χ4n) is 3.74. The molecule has 34 heavy (non-hydrogen) atoms. The Labute approximate surface area is 202 Å². The Morgan fingerprint density at radius 2 is 1.56 bits per heavy atom. The molecule has 0 saturated carbocycles. The van der Waals surface area contributed by atoms with E-state index in [0.717, 1.165) is 28.0 Å². The van der Waals surface area contributed by atoms with E-state index in [1.807, 2.05) is 71.0 Å². The Bertz CT molecular complexity index is 1240. The topological polar surface area (TPSA) is 75.7 Å². The molecule has 0 saturated heterocycles. The molecule has 6 nitrogen and oxygen atoms in total. The van der Waals surface area contributed by atoms with Gasteiger partial charge in [-0.3, -0.25) is 9.10 Å². The third-order valence-electron chi connectivity index (χ3n) is 5.59. The average molecular weight is 481 g/mol. The first kappa shape index (κ1) is 25.3. The molecule has 1 amide bonds. The Hall–Kier alpha value is -3.32. The van der Waals surface area contributed by atoms with Crippen LogP contribution in [0, 0.1) is 20.8 Å². The number of hydrogen-bond donors (Lipinski definition) is 1. The van der Waals surface area contributed by atoms with Crippen LogP contribution in [0.25, 0.3) is 0 Å². The van der Waals surface area contributed by atoms with E-state index >= 15 is 0 Å². The molecule has 0 aromatic heterocycles. The van der Waals surface area contributed by atoms with Crippen LogP contribution in [0.5, 0.6) is 5.75 Å². The lowest BCUT2D eigenvalue weighted by Crippen LogP contribution is -2.42. The lowest BCUT2D eigenvalue weighted by molar-refractivity contribution is -0.120. The molecule has 0 aliphatic carbocycles. The van der Waals surface area contributed by atoms with Crippen LogP contribution in [-0.2, 0) is 14.8 Å². The molecule has 1 atom stereocenters. The highest BCUT2D eigenvalue weighted by atomic mass is 32.2. The molecule has 0 heterocycles. The van der Waals surface area contributed by atoms with Crippen LogP contribution in [0.3, 0.4) is 0 Å². The third kappa shape index (κ3) is 5.97. The molecular formula is C27H32N2O4S. The summed E-state index contributed by atoms with van der Waals surface area (Å²) in [5.74, 6) is 0.368. The third-order valence-corrected chi connectivity index (χ3v) is 7.36. The summed E-state index contributed by atoms with van der Waals surface area (Å²) >= 11 is 0. The number of ether oxygens (including phenoxy) is 1. The summed E-state index contributed by atoms with van der Waals surface area (Å²) in [6.45, 7) is 9.72. The Balaban J connectivity index is 1.87. The van der Waals surface area contributed by atoms with E-state index in [1.165, 1.54) is 4.31 Å². The van der Waals surface area contributed by atoms with Gasteiger partial charge in [0.1, 0.15) is 12.3 Å². The van der Waals surface area contributed by atoms with Crippen molar-refractivity contribution in [1.29, 1.82) is 0 Å². The summed E-state index contributed by atoms with van der Waals surface area (Å²) in [5, 5.41) is 2.93. The molecule has 0 spiro atoms. The van der Waals surface area contributed by atoms with Crippen LogP contribution < -0.4 is 14.4 Å². The van der Waals surface area contributed by atoms with Gasteiger partial charge >= 0.3 is 0 Å². The van der Waals surface area contributed by atoms with E-state index in [2.05, 4.69) is 5.32 Å². The van der Waals surface area contributed by atoms with Gasteiger partial charge in [-0.15, -0.1) is 0 Å². The van der Waals surface area contributed by atoms with Crippen molar-refractivity contribution in [3.8, 4) is 5.75 Å². The lowest BCUT2D eigenvalue weighted by Gasteiger charge is -2.26. The highest BCUT2D eigenvalue weighted by molar-refractivity contribution is 7.92. The lowest BCUT2D eigenvalue weighted by atomic mass is 10.1. The molecule has 7 heteroatoms. The molecule has 3 aromatic carbocycles. The predicted octanol–water partition coefficient (Wildman–Crippen LogP) is 5.08. The molecule has 180 valence electrons. The largest absolute Gasteiger partial charge is 0.494 e. The van der Waals surface area contributed by atoms with Gasteiger partial charge in [-0.05, 0) is 76.1 Å². The number of hydrogen-bond acceptors (Lipinski definition) is 4. The minimum Gasteiger partial charge on any atom is -0.494 e. The summed E-state index contributed by atoms with van der Waals surface area (Å²) in [5.41, 5.74) is 4.14. The van der Waals surface area contributed by atoms with Crippen molar-refractivity contribution in [2.75, 3.05) is 17.5 Å². The van der Waals surface area contributed by atoms with Crippen molar-refractivity contribution >= 4 is 21.6 Å². The van der Waals surface area contributed by atoms with Gasteiger partial charge in [0.05, 0.1) is 23.2 Å². The van der Waals surface area contributed by atoms with Gasteiger partial charge in [0, 0.05) is 0 Å². The highest BCUT2D eigenvalue weighted by Crippen LogP contribution is 2.28. The number of benzene rings is 3. The number of rotatable bonds is 9. The Morgan fingerprint density at radius 1 is 0.941 bits per heavy atom. The summed E-state index contributed by atoms with van der Waals surface area (Å²) in [6.07, 6.45) is 0. The highest BCUT2D eigenvalue weighted by Gasteiger charge is 2.28. The van der Waals surface area contributed by atoms with Crippen LogP contribution in [-0.4, -0.2) is 27.5 Å². The SMILES string of the molecule is CCOc1ccc([C@@H](C)NC(=O)CN(c2ccc(C)cc2C)S(=O)(=O)c2ccc(C)cc2)cc1. The number of amides is 1. The molecule has 1 N–H and O–H groups in total. The second-order valence-corrected chi connectivity index (χ2v) is 10.3. The number of nitrogens with zero attached hydrogens (tertiary/aromatic N) is 1. The van der Waals surface area contributed by atoms with Gasteiger partial charge in [0.15, 0.2) is 0 Å². The second-order valence-electron chi connectivity index (χ2n) is 8.41. The predicted molar refractivity (Wildman–Crippen MR) is 136 cm³/mol. The fourth-order valence-corrected chi connectivity index (χ4v) is 5.23. The van der Waals surface area contributed by atoms with Crippen molar-refractivity contribution in [3.63, 3.8) is 0 Å². The maximum atomic E-state index is 13.6. The van der Waals surface area contributed by atoms with E-state index in [9.17, 15) is 13.2 Å². The number of nitrogens with one attached hydrogen (secondary N) is 1. The van der Waals surface area contributed by atoms with E-state index in [4.69, 9.17) is 4.74 Å². The first-order valence-electron chi connectivity index (χ1n) is 11.3. The zero-order valence-electron chi connectivity index (χ0n) is 20.3. The standard InChI is InChI=1S/C27H32N2O4S/c1-6-33-24-12-10-23(11-13-24)22(5)28-27(30)18-29(26-16-9-20(3)17-21(26)4)34(31,32)25-14-7-19(2)8-15-25/h7-17,22H,6,18H2,1-5H3,(H,28,30)/t22-/m1/s1. The van der Waals surface area contributed by atoms with Crippen molar-refractivity contribution < 1.29 is 17.9 Å². The fraction of sp³-hybridized carbons (Fsp3) is 0.296. The number of anilines is 1. The quantitative estimate of drug-likeness (QED) is 0.463. The van der Waals surface area contributed by atoms with Gasteiger partial charge in [0.25, 0.3) is 10.0 Å². The van der Waals surface area contributed by atoms with Crippen molar-refractivity contribution in [2.45, 2.75) is 45.6 Å². The molecule has 3 rings (SSSR count). The molecular weight excluding hydrogens is 448 g/mol. The molecule has 0 bridgehead atoms. The normalized spacial score (nSPS) is 12.1. The smallest absolute Gasteiger partial charge is 0.264 e.